The molecule has 0 spiro atoms. The molecule has 0 fully saturated rings. The second kappa shape index (κ2) is 5.33. The minimum absolute atomic E-state index is 0.328. The molecule has 116 valence electrons. The second-order valence-electron chi connectivity index (χ2n) is 5.84. The summed E-state index contributed by atoms with van der Waals surface area (Å²) in [6.07, 6.45) is 1.81. The maximum Gasteiger partial charge on any atom is 0.243 e. The minimum Gasteiger partial charge on any atom is -0.368 e. The van der Waals surface area contributed by atoms with Crippen LogP contribution in [0.25, 0.3) is 11.2 Å². The first-order valence-electron chi connectivity index (χ1n) is 7.10. The summed E-state index contributed by atoms with van der Waals surface area (Å²) in [6, 6.07) is 0. The van der Waals surface area contributed by atoms with Gasteiger partial charge in [0.05, 0.1) is 11.1 Å². The molecule has 0 aliphatic carbocycles. The zero-order valence-electron chi connectivity index (χ0n) is 13.1. The van der Waals surface area contributed by atoms with Crippen molar-refractivity contribution < 1.29 is 4.79 Å². The van der Waals surface area contributed by atoms with Crippen LogP contribution in [0, 0.1) is 0 Å². The van der Waals surface area contributed by atoms with Gasteiger partial charge in [0.1, 0.15) is 16.9 Å². The maximum absolute atomic E-state index is 11.9. The van der Waals surface area contributed by atoms with Crippen molar-refractivity contribution in [2.45, 2.75) is 51.5 Å². The Kier molecular flexibility index (Phi) is 4.02. The lowest BCUT2D eigenvalue weighted by atomic mass is 10.0. The molecule has 7 heteroatoms. The van der Waals surface area contributed by atoms with Crippen molar-refractivity contribution in [3.63, 3.8) is 0 Å². The first-order valence-corrected chi connectivity index (χ1v) is 7.54. The first kappa shape index (κ1) is 15.8. The van der Waals surface area contributed by atoms with E-state index < -0.39 is 11.4 Å². The minimum atomic E-state index is -0.926. The van der Waals surface area contributed by atoms with E-state index in [1.165, 1.54) is 0 Å². The molecule has 0 aliphatic rings. The number of alkyl halides is 1. The molecule has 0 aliphatic heterocycles. The van der Waals surface area contributed by atoms with Gasteiger partial charge < -0.3 is 5.73 Å². The van der Waals surface area contributed by atoms with Crippen molar-refractivity contribution >= 4 is 28.7 Å². The van der Waals surface area contributed by atoms with Gasteiger partial charge in [-0.1, -0.05) is 13.3 Å². The van der Waals surface area contributed by atoms with Crippen molar-refractivity contribution in [1.82, 2.24) is 19.3 Å². The highest BCUT2D eigenvalue weighted by atomic mass is 35.5. The zero-order valence-corrected chi connectivity index (χ0v) is 13.9. The van der Waals surface area contributed by atoms with Gasteiger partial charge in [-0.25, -0.2) is 4.98 Å². The number of hydrogen-bond acceptors (Lipinski definition) is 3. The molecule has 6 nitrogen and oxygen atoms in total. The van der Waals surface area contributed by atoms with Crippen LogP contribution >= 0.6 is 11.6 Å². The number of hydrogen-bond donors (Lipinski definition) is 1. The molecule has 1 amide bonds. The zero-order chi connectivity index (χ0) is 15.9. The Balaban J connectivity index is 2.83. The smallest absolute Gasteiger partial charge is 0.243 e. The highest BCUT2D eigenvalue weighted by molar-refractivity contribution is 6.20. The number of imidazole rings is 1. The normalized spacial score (nSPS) is 13.8. The van der Waals surface area contributed by atoms with Crippen molar-refractivity contribution in [1.29, 1.82) is 0 Å². The summed E-state index contributed by atoms with van der Waals surface area (Å²) >= 11 is 6.26. The molecule has 0 saturated heterocycles. The number of carbonyl (C=O) groups excluding carboxylic acids is 1. The van der Waals surface area contributed by atoms with Crippen LogP contribution in [0.4, 0.5) is 0 Å². The fourth-order valence-corrected chi connectivity index (χ4v) is 2.68. The average Bonchev–Trinajstić information content (AvgIpc) is 2.89. The number of nitrogens with two attached hydrogens (primary N) is 1. The summed E-state index contributed by atoms with van der Waals surface area (Å²) in [4.78, 5) is 16.5. The number of nitrogens with zero attached hydrogens (tertiary/aromatic N) is 4. The predicted octanol–water partition coefficient (Wildman–Crippen LogP) is 2.24. The number of amides is 1. The van der Waals surface area contributed by atoms with E-state index in [4.69, 9.17) is 17.3 Å². The molecule has 2 rings (SSSR count). The molecule has 0 saturated carbocycles. The van der Waals surface area contributed by atoms with Crippen molar-refractivity contribution in [3.05, 3.63) is 11.5 Å². The fraction of sp³-hybridized carbons (Fsp3) is 0.643. The van der Waals surface area contributed by atoms with Gasteiger partial charge in [-0.2, -0.15) is 5.10 Å². The van der Waals surface area contributed by atoms with Crippen LogP contribution in [0.15, 0.2) is 0 Å². The molecule has 2 aromatic heterocycles. The highest BCUT2D eigenvalue weighted by Crippen LogP contribution is 2.32. The Hall–Kier alpha value is -1.56. The standard InChI is InChI=1S/C14H22ClN5O/c1-6-7-9-10-12(19(5)18-9)20(11(17-10)8(2)15)14(3,4)13(16)21/h8H,6-7H2,1-5H3,(H2,16,21). The van der Waals surface area contributed by atoms with Crippen molar-refractivity contribution in [3.8, 4) is 0 Å². The highest BCUT2D eigenvalue weighted by Gasteiger charge is 2.35. The number of fused-ring (bicyclic) bond motifs is 1. The Labute approximate surface area is 129 Å². The van der Waals surface area contributed by atoms with E-state index in [2.05, 4.69) is 17.0 Å². The summed E-state index contributed by atoms with van der Waals surface area (Å²) in [6.45, 7) is 7.47. The monoisotopic (exact) mass is 311 g/mol. The molecule has 21 heavy (non-hydrogen) atoms. The second-order valence-corrected chi connectivity index (χ2v) is 6.49. The molecular formula is C14H22ClN5O. The summed E-state index contributed by atoms with van der Waals surface area (Å²) in [5, 5.41) is 4.18. The van der Waals surface area contributed by atoms with Gasteiger partial charge in [-0.15, -0.1) is 11.6 Å². The van der Waals surface area contributed by atoms with E-state index in [-0.39, 0.29) is 5.38 Å². The van der Waals surface area contributed by atoms with Gasteiger partial charge in [0.15, 0.2) is 5.65 Å². The Morgan fingerprint density at radius 1 is 1.48 bits per heavy atom. The molecule has 0 radical (unpaired) electrons. The predicted molar refractivity (Wildman–Crippen MR) is 83.3 cm³/mol. The van der Waals surface area contributed by atoms with Gasteiger partial charge in [-0.05, 0) is 27.2 Å². The number of primary amides is 1. The molecule has 2 aromatic rings. The topological polar surface area (TPSA) is 78.7 Å². The van der Waals surface area contributed by atoms with E-state index in [1.807, 2.05) is 18.5 Å². The van der Waals surface area contributed by atoms with Crippen LogP contribution in [0.2, 0.25) is 0 Å². The Morgan fingerprint density at radius 2 is 2.10 bits per heavy atom. The SMILES string of the molecule is CCCc1nn(C)c2c1nc(C(C)Cl)n2C(C)(C)C(N)=O. The number of halogens is 1. The summed E-state index contributed by atoms with van der Waals surface area (Å²) < 4.78 is 3.56. The summed E-state index contributed by atoms with van der Waals surface area (Å²) in [5.41, 5.74) is 7.16. The number of aryl methyl sites for hydroxylation is 2. The van der Waals surface area contributed by atoms with Gasteiger partial charge in [-0.3, -0.25) is 14.0 Å². The lowest BCUT2D eigenvalue weighted by Crippen LogP contribution is -2.42. The third kappa shape index (κ3) is 2.41. The van der Waals surface area contributed by atoms with Crippen LogP contribution in [-0.2, 0) is 23.8 Å². The van der Waals surface area contributed by atoms with E-state index >= 15 is 0 Å². The van der Waals surface area contributed by atoms with Crippen LogP contribution in [0.1, 0.15) is 51.0 Å². The van der Waals surface area contributed by atoms with Crippen molar-refractivity contribution in [2.24, 2.45) is 12.8 Å². The molecule has 0 aromatic carbocycles. The van der Waals surface area contributed by atoms with E-state index in [9.17, 15) is 4.79 Å². The van der Waals surface area contributed by atoms with Crippen molar-refractivity contribution in [2.75, 3.05) is 0 Å². The van der Waals surface area contributed by atoms with Crippen LogP contribution in [0.5, 0.6) is 0 Å². The number of carbonyl (C=O) groups is 1. The number of rotatable bonds is 5. The molecular weight excluding hydrogens is 290 g/mol. The molecule has 1 unspecified atom stereocenters. The number of aromatic nitrogens is 4. The van der Waals surface area contributed by atoms with Gasteiger partial charge >= 0.3 is 0 Å². The Morgan fingerprint density at radius 3 is 2.57 bits per heavy atom. The fourth-order valence-electron chi connectivity index (χ4n) is 2.53. The van der Waals surface area contributed by atoms with Gasteiger partial charge in [0.25, 0.3) is 0 Å². The van der Waals surface area contributed by atoms with Gasteiger partial charge in [0.2, 0.25) is 5.91 Å². The van der Waals surface area contributed by atoms with Gasteiger partial charge in [0, 0.05) is 7.05 Å². The van der Waals surface area contributed by atoms with Crippen LogP contribution < -0.4 is 5.73 Å². The lowest BCUT2D eigenvalue weighted by Gasteiger charge is -2.26. The first-order chi connectivity index (χ1) is 9.71. The summed E-state index contributed by atoms with van der Waals surface area (Å²) in [7, 11) is 1.85. The van der Waals surface area contributed by atoms with Crippen LogP contribution in [-0.4, -0.2) is 25.2 Å². The summed E-state index contributed by atoms with van der Waals surface area (Å²) in [5.74, 6) is 0.208. The van der Waals surface area contributed by atoms with E-state index in [1.54, 1.807) is 18.5 Å². The molecule has 2 heterocycles. The third-order valence-corrected chi connectivity index (χ3v) is 3.93. The van der Waals surface area contributed by atoms with E-state index in [0.717, 1.165) is 29.7 Å². The quantitative estimate of drug-likeness (QED) is 0.860. The largest absolute Gasteiger partial charge is 0.368 e. The molecule has 2 N–H and O–H groups in total. The molecule has 0 bridgehead atoms. The molecule has 1 atom stereocenters. The Bertz CT molecular complexity index is 683. The lowest BCUT2D eigenvalue weighted by molar-refractivity contribution is -0.125. The third-order valence-electron chi connectivity index (χ3n) is 3.73. The van der Waals surface area contributed by atoms with E-state index in [0.29, 0.717) is 5.82 Å². The maximum atomic E-state index is 11.9. The van der Waals surface area contributed by atoms with Crippen LogP contribution in [0.3, 0.4) is 0 Å². The average molecular weight is 312 g/mol.